The zero-order valence-electron chi connectivity index (χ0n) is 15.9. The molecule has 3 aliphatic rings. The minimum atomic E-state index is -0.289. The van der Waals surface area contributed by atoms with Gasteiger partial charge in [0.2, 0.25) is 0 Å². The van der Waals surface area contributed by atoms with Gasteiger partial charge in [-0.3, -0.25) is 0 Å². The molecule has 2 aliphatic carbocycles. The molecule has 0 spiro atoms. The smallest absolute Gasteiger partial charge is 0.399 e. The van der Waals surface area contributed by atoms with Gasteiger partial charge in [-0.25, -0.2) is 0 Å². The van der Waals surface area contributed by atoms with Crippen molar-refractivity contribution in [2.45, 2.75) is 83.3 Å². The van der Waals surface area contributed by atoms with Crippen molar-refractivity contribution in [1.82, 2.24) is 0 Å². The van der Waals surface area contributed by atoms with Crippen LogP contribution in [0, 0.1) is 0 Å². The third-order valence-electron chi connectivity index (χ3n) is 6.81. The summed E-state index contributed by atoms with van der Waals surface area (Å²) in [6.45, 7) is 13.2. The molecule has 0 bridgehead atoms. The van der Waals surface area contributed by atoms with Crippen LogP contribution < -0.4 is 5.46 Å². The van der Waals surface area contributed by atoms with Gasteiger partial charge in [0.15, 0.2) is 0 Å². The minimum Gasteiger partial charge on any atom is -0.399 e. The monoisotopic (exact) mass is 324 g/mol. The fourth-order valence-electron chi connectivity index (χ4n) is 4.59. The summed E-state index contributed by atoms with van der Waals surface area (Å²) in [6, 6.07) is 6.89. The Balaban J connectivity index is 1.74. The Morgan fingerprint density at radius 1 is 1.00 bits per heavy atom. The molecule has 128 valence electrons. The molecular formula is C21H29BO2. The zero-order valence-corrected chi connectivity index (χ0v) is 15.9. The molecule has 3 heteroatoms. The highest BCUT2D eigenvalue weighted by molar-refractivity contribution is 6.62. The minimum absolute atomic E-state index is 0.125. The Morgan fingerprint density at radius 2 is 1.67 bits per heavy atom. The first-order chi connectivity index (χ1) is 11.1. The van der Waals surface area contributed by atoms with Gasteiger partial charge in [0.05, 0.1) is 11.2 Å². The molecule has 1 saturated heterocycles. The molecule has 24 heavy (non-hydrogen) atoms. The molecule has 1 aromatic rings. The SMILES string of the molecule is CC1(C)C2=CCCCC2c2ccc(B3OC(C)(C)C(C)(C)O3)cc21. The normalized spacial score (nSPS) is 29.2. The van der Waals surface area contributed by atoms with Crippen molar-refractivity contribution in [3.8, 4) is 0 Å². The number of hydrogen-bond acceptors (Lipinski definition) is 2. The average Bonchev–Trinajstić information content (AvgIpc) is 2.88. The van der Waals surface area contributed by atoms with Crippen LogP contribution in [0.2, 0.25) is 0 Å². The number of hydrogen-bond donors (Lipinski definition) is 0. The number of benzene rings is 1. The van der Waals surface area contributed by atoms with E-state index in [2.05, 4.69) is 65.8 Å². The summed E-state index contributed by atoms with van der Waals surface area (Å²) in [5.41, 5.74) is 5.31. The van der Waals surface area contributed by atoms with Crippen LogP contribution in [0.15, 0.2) is 29.8 Å². The molecule has 0 radical (unpaired) electrons. The molecule has 4 rings (SSSR count). The molecule has 1 fully saturated rings. The Hall–Kier alpha value is -1.06. The van der Waals surface area contributed by atoms with Gasteiger partial charge >= 0.3 is 7.12 Å². The molecule has 0 amide bonds. The van der Waals surface area contributed by atoms with E-state index in [0.29, 0.717) is 5.92 Å². The molecule has 1 unspecified atom stereocenters. The summed E-state index contributed by atoms with van der Waals surface area (Å²) in [4.78, 5) is 0. The maximum absolute atomic E-state index is 6.26. The van der Waals surface area contributed by atoms with Crippen molar-refractivity contribution < 1.29 is 9.31 Å². The summed E-state index contributed by atoms with van der Waals surface area (Å²) in [5, 5.41) is 0. The van der Waals surface area contributed by atoms with Crippen molar-refractivity contribution in [3.05, 3.63) is 41.0 Å². The van der Waals surface area contributed by atoms with Crippen LogP contribution in [0.1, 0.15) is 77.8 Å². The fourth-order valence-corrected chi connectivity index (χ4v) is 4.59. The topological polar surface area (TPSA) is 18.5 Å². The number of fused-ring (bicyclic) bond motifs is 3. The molecule has 0 saturated carbocycles. The van der Waals surface area contributed by atoms with Crippen LogP contribution in [0.5, 0.6) is 0 Å². The van der Waals surface area contributed by atoms with E-state index in [9.17, 15) is 0 Å². The van der Waals surface area contributed by atoms with Crippen LogP contribution in [-0.4, -0.2) is 18.3 Å². The van der Waals surface area contributed by atoms with E-state index in [4.69, 9.17) is 9.31 Å². The molecular weight excluding hydrogens is 295 g/mol. The summed E-state index contributed by atoms with van der Waals surface area (Å²) in [7, 11) is -0.271. The first kappa shape index (κ1) is 16.4. The molecule has 1 aliphatic heterocycles. The summed E-state index contributed by atoms with van der Waals surface area (Å²) in [6.07, 6.45) is 6.32. The Labute approximate surface area is 146 Å². The summed E-state index contributed by atoms with van der Waals surface area (Å²) >= 11 is 0. The molecule has 1 aromatic carbocycles. The van der Waals surface area contributed by atoms with E-state index < -0.39 is 0 Å². The lowest BCUT2D eigenvalue weighted by molar-refractivity contribution is 0.00578. The van der Waals surface area contributed by atoms with Gasteiger partial charge in [-0.2, -0.15) is 0 Å². The second-order valence-electron chi connectivity index (χ2n) is 9.20. The highest BCUT2D eigenvalue weighted by Gasteiger charge is 2.52. The van der Waals surface area contributed by atoms with E-state index in [1.807, 2.05) is 0 Å². The molecule has 0 aromatic heterocycles. The van der Waals surface area contributed by atoms with E-state index in [-0.39, 0.29) is 23.7 Å². The van der Waals surface area contributed by atoms with E-state index in [1.54, 1.807) is 5.57 Å². The van der Waals surface area contributed by atoms with Crippen molar-refractivity contribution >= 4 is 12.6 Å². The number of allylic oxidation sites excluding steroid dienone is 2. The van der Waals surface area contributed by atoms with Gasteiger partial charge in [-0.15, -0.1) is 0 Å². The van der Waals surface area contributed by atoms with E-state index in [0.717, 1.165) is 5.46 Å². The predicted octanol–water partition coefficient (Wildman–Crippen LogP) is 4.47. The lowest BCUT2D eigenvalue weighted by Gasteiger charge is -2.32. The number of rotatable bonds is 1. The largest absolute Gasteiger partial charge is 0.494 e. The van der Waals surface area contributed by atoms with Gasteiger partial charge in [-0.1, -0.05) is 43.7 Å². The summed E-state index contributed by atoms with van der Waals surface area (Å²) in [5.74, 6) is 0.621. The predicted molar refractivity (Wildman–Crippen MR) is 99.9 cm³/mol. The lowest BCUT2D eigenvalue weighted by atomic mass is 9.74. The van der Waals surface area contributed by atoms with Gasteiger partial charge in [0.25, 0.3) is 0 Å². The first-order valence-corrected chi connectivity index (χ1v) is 9.34. The second kappa shape index (κ2) is 4.99. The van der Waals surface area contributed by atoms with Crippen LogP contribution in [-0.2, 0) is 14.7 Å². The quantitative estimate of drug-likeness (QED) is 0.560. The Kier molecular flexibility index (Phi) is 3.41. The van der Waals surface area contributed by atoms with Crippen molar-refractivity contribution in [1.29, 1.82) is 0 Å². The Bertz CT molecular complexity index is 699. The van der Waals surface area contributed by atoms with E-state index >= 15 is 0 Å². The third kappa shape index (κ3) is 2.17. The lowest BCUT2D eigenvalue weighted by Crippen LogP contribution is -2.41. The summed E-state index contributed by atoms with van der Waals surface area (Å²) < 4.78 is 12.5. The van der Waals surface area contributed by atoms with Gasteiger partial charge < -0.3 is 9.31 Å². The highest BCUT2D eigenvalue weighted by atomic mass is 16.7. The zero-order chi connectivity index (χ0) is 17.3. The highest BCUT2D eigenvalue weighted by Crippen LogP contribution is 2.53. The van der Waals surface area contributed by atoms with Crippen molar-refractivity contribution in [2.24, 2.45) is 0 Å². The molecule has 1 atom stereocenters. The van der Waals surface area contributed by atoms with E-state index in [1.165, 1.54) is 30.4 Å². The Morgan fingerprint density at radius 3 is 2.33 bits per heavy atom. The molecule has 2 nitrogen and oxygen atoms in total. The van der Waals surface area contributed by atoms with Gasteiger partial charge in [0.1, 0.15) is 0 Å². The van der Waals surface area contributed by atoms with Gasteiger partial charge in [0, 0.05) is 11.3 Å². The molecule has 1 heterocycles. The standard InChI is InChI=1S/C21H29BO2/c1-19(2)17-10-8-7-9-15(17)16-12-11-14(13-18(16)19)22-23-20(3,4)21(5,6)24-22/h10-13,15H,7-9H2,1-6H3. The maximum Gasteiger partial charge on any atom is 0.494 e. The van der Waals surface area contributed by atoms with Crippen molar-refractivity contribution in [3.63, 3.8) is 0 Å². The molecule has 0 N–H and O–H groups in total. The van der Waals surface area contributed by atoms with Crippen LogP contribution in [0.25, 0.3) is 0 Å². The third-order valence-corrected chi connectivity index (χ3v) is 6.81. The van der Waals surface area contributed by atoms with Gasteiger partial charge in [-0.05, 0) is 63.5 Å². The first-order valence-electron chi connectivity index (χ1n) is 9.34. The van der Waals surface area contributed by atoms with Crippen molar-refractivity contribution in [2.75, 3.05) is 0 Å². The van der Waals surface area contributed by atoms with Crippen LogP contribution >= 0.6 is 0 Å². The van der Waals surface area contributed by atoms with Crippen LogP contribution in [0.3, 0.4) is 0 Å². The fraction of sp³-hybridized carbons (Fsp3) is 0.619. The maximum atomic E-state index is 6.26. The van der Waals surface area contributed by atoms with Crippen LogP contribution in [0.4, 0.5) is 0 Å². The average molecular weight is 324 g/mol. The second-order valence-corrected chi connectivity index (χ2v) is 9.20.